The van der Waals surface area contributed by atoms with Crippen molar-refractivity contribution in [3.63, 3.8) is 0 Å². The predicted octanol–water partition coefficient (Wildman–Crippen LogP) is 3.97. The summed E-state index contributed by atoms with van der Waals surface area (Å²) in [4.78, 5) is 2.44. The van der Waals surface area contributed by atoms with Crippen molar-refractivity contribution in [2.24, 2.45) is 0 Å². The second-order valence-electron chi connectivity index (χ2n) is 5.75. The maximum absolute atomic E-state index is 9.31. The van der Waals surface area contributed by atoms with E-state index in [2.05, 4.69) is 53.5 Å². The van der Waals surface area contributed by atoms with Crippen LogP contribution in [-0.2, 0) is 0 Å². The number of nitrogens with zero attached hydrogens (tertiary/aromatic N) is 2. The van der Waals surface area contributed by atoms with Crippen molar-refractivity contribution in [3.05, 3.63) is 30.3 Å². The molecule has 116 valence electrons. The fourth-order valence-electron chi connectivity index (χ4n) is 2.56. The van der Waals surface area contributed by atoms with E-state index >= 15 is 0 Å². The third-order valence-electron chi connectivity index (χ3n) is 3.82. The van der Waals surface area contributed by atoms with Crippen molar-refractivity contribution >= 4 is 5.69 Å². The molecular formula is C18H29N3. The van der Waals surface area contributed by atoms with Crippen molar-refractivity contribution in [3.8, 4) is 6.07 Å². The summed E-state index contributed by atoms with van der Waals surface area (Å²) in [6.07, 6.45) is 4.32. The maximum Gasteiger partial charge on any atom is 0.103 e. The van der Waals surface area contributed by atoms with Gasteiger partial charge in [0, 0.05) is 18.8 Å². The fraction of sp³-hybridized carbons (Fsp3) is 0.611. The Kier molecular flexibility index (Phi) is 7.85. The Balaban J connectivity index is 2.56. The van der Waals surface area contributed by atoms with Gasteiger partial charge in [0.1, 0.15) is 5.54 Å². The lowest BCUT2D eigenvalue weighted by atomic mass is 9.97. The summed E-state index contributed by atoms with van der Waals surface area (Å²) in [5, 5.41) is 12.6. The van der Waals surface area contributed by atoms with Crippen LogP contribution >= 0.6 is 0 Å². The zero-order valence-corrected chi connectivity index (χ0v) is 13.7. The number of hydrogen-bond donors (Lipinski definition) is 1. The van der Waals surface area contributed by atoms with Crippen LogP contribution in [0.3, 0.4) is 0 Å². The third kappa shape index (κ3) is 6.18. The summed E-state index contributed by atoms with van der Waals surface area (Å²) in [5.41, 5.74) is 0.884. The Bertz CT molecular complexity index is 424. The Morgan fingerprint density at radius 2 is 1.81 bits per heavy atom. The van der Waals surface area contributed by atoms with Crippen molar-refractivity contribution in [1.82, 2.24) is 5.32 Å². The molecule has 1 aromatic carbocycles. The first-order valence-electron chi connectivity index (χ1n) is 8.11. The number of para-hydroxylation sites is 1. The zero-order chi connectivity index (χ0) is 15.6. The molecule has 0 aromatic heterocycles. The van der Waals surface area contributed by atoms with Gasteiger partial charge in [-0.05, 0) is 44.9 Å². The van der Waals surface area contributed by atoms with E-state index in [1.165, 1.54) is 18.5 Å². The molecule has 0 heterocycles. The number of anilines is 1. The minimum atomic E-state index is -0.401. The van der Waals surface area contributed by atoms with Gasteiger partial charge < -0.3 is 4.90 Å². The highest BCUT2D eigenvalue weighted by molar-refractivity contribution is 5.45. The van der Waals surface area contributed by atoms with Gasteiger partial charge in [0.15, 0.2) is 0 Å². The molecule has 1 aromatic rings. The molecule has 3 heteroatoms. The van der Waals surface area contributed by atoms with Gasteiger partial charge >= 0.3 is 0 Å². The van der Waals surface area contributed by atoms with Gasteiger partial charge in [0.05, 0.1) is 6.07 Å². The van der Waals surface area contributed by atoms with Gasteiger partial charge in [-0.2, -0.15) is 5.26 Å². The second-order valence-corrected chi connectivity index (χ2v) is 5.75. The van der Waals surface area contributed by atoms with Crippen LogP contribution in [0, 0.1) is 11.3 Å². The van der Waals surface area contributed by atoms with Crippen molar-refractivity contribution in [2.75, 3.05) is 24.5 Å². The van der Waals surface area contributed by atoms with Gasteiger partial charge in [-0.3, -0.25) is 5.32 Å². The van der Waals surface area contributed by atoms with Crippen LogP contribution < -0.4 is 10.2 Å². The Morgan fingerprint density at radius 1 is 1.14 bits per heavy atom. The molecule has 0 radical (unpaired) electrons. The highest BCUT2D eigenvalue weighted by Gasteiger charge is 2.21. The minimum absolute atomic E-state index is 0.401. The first kappa shape index (κ1) is 17.5. The zero-order valence-electron chi connectivity index (χ0n) is 13.7. The molecule has 0 saturated heterocycles. The van der Waals surface area contributed by atoms with Crippen molar-refractivity contribution < 1.29 is 0 Å². The topological polar surface area (TPSA) is 39.1 Å². The van der Waals surface area contributed by atoms with Gasteiger partial charge in [-0.15, -0.1) is 0 Å². The fourth-order valence-corrected chi connectivity index (χ4v) is 2.56. The molecule has 0 spiro atoms. The molecule has 0 aliphatic carbocycles. The van der Waals surface area contributed by atoms with Crippen LogP contribution in [0.1, 0.15) is 46.5 Å². The summed E-state index contributed by atoms with van der Waals surface area (Å²) < 4.78 is 0. The number of rotatable bonds is 10. The van der Waals surface area contributed by atoms with Crippen LogP contribution in [0.15, 0.2) is 30.3 Å². The number of unbranched alkanes of at least 4 members (excludes halogenated alkanes) is 1. The second kappa shape index (κ2) is 9.41. The van der Waals surface area contributed by atoms with E-state index in [0.29, 0.717) is 0 Å². The van der Waals surface area contributed by atoms with Gasteiger partial charge in [0.2, 0.25) is 0 Å². The summed E-state index contributed by atoms with van der Waals surface area (Å²) in [5.74, 6) is 0. The molecule has 3 nitrogen and oxygen atoms in total. The van der Waals surface area contributed by atoms with Crippen LogP contribution in [0.2, 0.25) is 0 Å². The molecule has 1 N–H and O–H groups in total. The van der Waals surface area contributed by atoms with Gasteiger partial charge in [-0.1, -0.05) is 38.5 Å². The largest absolute Gasteiger partial charge is 0.372 e. The molecular weight excluding hydrogens is 258 g/mol. The molecule has 0 amide bonds. The Labute approximate surface area is 130 Å². The lowest BCUT2D eigenvalue weighted by molar-refractivity contribution is 0.416. The van der Waals surface area contributed by atoms with Crippen LogP contribution in [0.4, 0.5) is 5.69 Å². The van der Waals surface area contributed by atoms with E-state index in [9.17, 15) is 5.26 Å². The summed E-state index contributed by atoms with van der Waals surface area (Å²) in [6.45, 7) is 9.20. The summed E-state index contributed by atoms with van der Waals surface area (Å²) in [7, 11) is 0. The molecule has 0 fully saturated rings. The highest BCUT2D eigenvalue weighted by atomic mass is 15.1. The quantitative estimate of drug-likeness (QED) is 0.708. The SMILES string of the molecule is CCCCN(CCCC(C)(C#N)NCC)c1ccccc1. The van der Waals surface area contributed by atoms with Crippen molar-refractivity contribution in [2.45, 2.75) is 52.0 Å². The molecule has 1 atom stereocenters. The smallest absolute Gasteiger partial charge is 0.103 e. The Hall–Kier alpha value is -1.53. The van der Waals surface area contributed by atoms with Crippen LogP contribution in [0.5, 0.6) is 0 Å². The van der Waals surface area contributed by atoms with E-state index in [0.717, 1.165) is 32.5 Å². The normalized spacial score (nSPS) is 13.4. The van der Waals surface area contributed by atoms with Crippen molar-refractivity contribution in [1.29, 1.82) is 5.26 Å². The van der Waals surface area contributed by atoms with E-state index in [4.69, 9.17) is 0 Å². The minimum Gasteiger partial charge on any atom is -0.372 e. The Morgan fingerprint density at radius 3 is 2.38 bits per heavy atom. The number of benzene rings is 1. The standard InChI is InChI=1S/C18H29N3/c1-4-6-14-21(17-11-8-7-9-12-17)15-10-13-18(3,16-19)20-5-2/h7-9,11-12,20H,4-6,10,13-15H2,1-3H3. The summed E-state index contributed by atoms with van der Waals surface area (Å²) >= 11 is 0. The van der Waals surface area contributed by atoms with E-state index in [1.54, 1.807) is 0 Å². The first-order valence-corrected chi connectivity index (χ1v) is 8.11. The lowest BCUT2D eigenvalue weighted by Gasteiger charge is -2.27. The van der Waals surface area contributed by atoms with Gasteiger partial charge in [-0.25, -0.2) is 0 Å². The molecule has 0 bridgehead atoms. The number of nitrogens with one attached hydrogen (secondary N) is 1. The number of nitriles is 1. The average molecular weight is 287 g/mol. The number of hydrogen-bond acceptors (Lipinski definition) is 3. The molecule has 21 heavy (non-hydrogen) atoms. The monoisotopic (exact) mass is 287 g/mol. The van der Waals surface area contributed by atoms with E-state index in [-0.39, 0.29) is 0 Å². The van der Waals surface area contributed by atoms with Crippen LogP contribution in [-0.4, -0.2) is 25.2 Å². The van der Waals surface area contributed by atoms with Gasteiger partial charge in [0.25, 0.3) is 0 Å². The average Bonchev–Trinajstić information content (AvgIpc) is 2.52. The molecule has 1 unspecified atom stereocenters. The molecule has 0 saturated carbocycles. The predicted molar refractivity (Wildman–Crippen MR) is 90.5 cm³/mol. The van der Waals surface area contributed by atoms with E-state index < -0.39 is 5.54 Å². The van der Waals surface area contributed by atoms with Crippen LogP contribution in [0.25, 0.3) is 0 Å². The molecule has 0 aliphatic rings. The first-order chi connectivity index (χ1) is 10.1. The lowest BCUT2D eigenvalue weighted by Crippen LogP contribution is -2.41. The third-order valence-corrected chi connectivity index (χ3v) is 3.82. The summed E-state index contributed by atoms with van der Waals surface area (Å²) in [6, 6.07) is 13.0. The molecule has 1 rings (SSSR count). The molecule has 0 aliphatic heterocycles. The van der Waals surface area contributed by atoms with E-state index in [1.807, 2.05) is 13.8 Å². The highest BCUT2D eigenvalue weighted by Crippen LogP contribution is 2.17. The maximum atomic E-state index is 9.31.